The first-order chi connectivity index (χ1) is 14.5. The number of ketones is 1. The molecule has 1 atom stereocenters. The first kappa shape index (κ1) is 19.8. The Morgan fingerprint density at radius 2 is 1.87 bits per heavy atom. The van der Waals surface area contributed by atoms with Crippen LogP contribution in [0.15, 0.2) is 71.7 Å². The first-order valence-corrected chi connectivity index (χ1v) is 10.4. The molecule has 0 bridgehead atoms. The Morgan fingerprint density at radius 3 is 2.47 bits per heavy atom. The molecule has 4 rings (SSSR count). The summed E-state index contributed by atoms with van der Waals surface area (Å²) in [6, 6.07) is 14.9. The van der Waals surface area contributed by atoms with Gasteiger partial charge in [0.05, 0.1) is 11.7 Å². The van der Waals surface area contributed by atoms with Crippen LogP contribution in [-0.2, 0) is 9.59 Å². The number of aromatic nitrogens is 1. The lowest BCUT2D eigenvalue weighted by atomic mass is 10.00. The van der Waals surface area contributed by atoms with Crippen molar-refractivity contribution in [1.29, 1.82) is 0 Å². The van der Waals surface area contributed by atoms with Crippen molar-refractivity contribution < 1.29 is 19.4 Å². The molecule has 2 aromatic heterocycles. The number of hydrogen-bond donors (Lipinski definition) is 1. The molecule has 1 aliphatic rings. The van der Waals surface area contributed by atoms with Crippen LogP contribution in [0, 0.1) is 0 Å². The van der Waals surface area contributed by atoms with Crippen molar-refractivity contribution in [2.75, 3.05) is 4.90 Å². The van der Waals surface area contributed by atoms with Crippen LogP contribution in [-0.4, -0.2) is 27.9 Å². The van der Waals surface area contributed by atoms with E-state index in [-0.39, 0.29) is 17.4 Å². The van der Waals surface area contributed by atoms with Crippen molar-refractivity contribution in [3.8, 4) is 5.75 Å². The van der Waals surface area contributed by atoms with Crippen LogP contribution in [0.2, 0.25) is 0 Å². The van der Waals surface area contributed by atoms with Gasteiger partial charge in [-0.05, 0) is 61.7 Å². The molecule has 30 heavy (non-hydrogen) atoms. The molecular formula is C23H20N2O4S. The molecule has 1 N–H and O–H groups in total. The zero-order valence-electron chi connectivity index (χ0n) is 16.5. The van der Waals surface area contributed by atoms with Crippen molar-refractivity contribution >= 4 is 34.6 Å². The molecule has 6 nitrogen and oxygen atoms in total. The lowest BCUT2D eigenvalue weighted by Gasteiger charge is -2.23. The van der Waals surface area contributed by atoms with Crippen molar-refractivity contribution in [2.45, 2.75) is 26.0 Å². The zero-order valence-corrected chi connectivity index (χ0v) is 17.3. The van der Waals surface area contributed by atoms with E-state index in [4.69, 9.17) is 4.74 Å². The molecule has 0 unspecified atom stereocenters. The van der Waals surface area contributed by atoms with E-state index < -0.39 is 17.7 Å². The third kappa shape index (κ3) is 3.59. The molecule has 1 aliphatic heterocycles. The Morgan fingerprint density at radius 1 is 1.10 bits per heavy atom. The second kappa shape index (κ2) is 8.12. The van der Waals surface area contributed by atoms with Gasteiger partial charge < -0.3 is 9.84 Å². The summed E-state index contributed by atoms with van der Waals surface area (Å²) in [5.74, 6) is -0.656. The number of aliphatic hydroxyl groups excluding tert-OH is 1. The lowest BCUT2D eigenvalue weighted by molar-refractivity contribution is -0.132. The number of hydrogen-bond acceptors (Lipinski definition) is 6. The van der Waals surface area contributed by atoms with Gasteiger partial charge in [-0.3, -0.25) is 14.5 Å². The summed E-state index contributed by atoms with van der Waals surface area (Å²) in [6.45, 7) is 3.85. The Kier molecular flexibility index (Phi) is 5.37. The number of amides is 1. The van der Waals surface area contributed by atoms with Crippen LogP contribution in [0.25, 0.3) is 5.76 Å². The number of thiophene rings is 1. The molecular weight excluding hydrogens is 400 g/mol. The van der Waals surface area contributed by atoms with Gasteiger partial charge in [0.15, 0.2) is 0 Å². The third-order valence-electron chi connectivity index (χ3n) is 4.65. The zero-order chi connectivity index (χ0) is 21.3. The number of anilines is 1. The fourth-order valence-electron chi connectivity index (χ4n) is 3.40. The smallest absolute Gasteiger partial charge is 0.301 e. The fraction of sp³-hybridized carbons (Fsp3) is 0.174. The van der Waals surface area contributed by atoms with Gasteiger partial charge in [0.25, 0.3) is 5.78 Å². The van der Waals surface area contributed by atoms with E-state index in [1.807, 2.05) is 31.4 Å². The van der Waals surface area contributed by atoms with Crippen molar-refractivity contribution in [2.24, 2.45) is 0 Å². The Balaban J connectivity index is 1.82. The van der Waals surface area contributed by atoms with Gasteiger partial charge in [-0.2, -0.15) is 0 Å². The Hall–Kier alpha value is -3.45. The third-order valence-corrected chi connectivity index (χ3v) is 5.58. The minimum atomic E-state index is -0.744. The molecule has 0 saturated carbocycles. The number of ether oxygens (including phenoxy) is 1. The summed E-state index contributed by atoms with van der Waals surface area (Å²) in [4.78, 5) is 32.2. The van der Waals surface area contributed by atoms with Crippen molar-refractivity contribution in [3.63, 3.8) is 0 Å². The Bertz CT molecular complexity index is 1090. The van der Waals surface area contributed by atoms with Crippen LogP contribution in [0.4, 0.5) is 5.82 Å². The minimum Gasteiger partial charge on any atom is -0.507 e. The minimum absolute atomic E-state index is 0.0203. The van der Waals surface area contributed by atoms with E-state index in [1.54, 1.807) is 48.7 Å². The molecule has 0 spiro atoms. The van der Waals surface area contributed by atoms with Gasteiger partial charge in [-0.15, -0.1) is 11.3 Å². The van der Waals surface area contributed by atoms with Crippen molar-refractivity contribution in [1.82, 2.24) is 4.98 Å². The molecule has 0 radical (unpaired) electrons. The van der Waals surface area contributed by atoms with Crippen molar-refractivity contribution in [3.05, 3.63) is 82.2 Å². The van der Waals surface area contributed by atoms with Crippen LogP contribution in [0.5, 0.6) is 5.75 Å². The van der Waals surface area contributed by atoms with E-state index in [0.717, 1.165) is 4.88 Å². The fourth-order valence-corrected chi connectivity index (χ4v) is 4.22. The van der Waals surface area contributed by atoms with Crippen LogP contribution < -0.4 is 9.64 Å². The Labute approximate surface area is 178 Å². The number of Topliss-reactive ketones (excluding diaryl/α,β-unsaturated/α-hetero) is 1. The lowest BCUT2D eigenvalue weighted by Crippen LogP contribution is -2.29. The highest BCUT2D eigenvalue weighted by atomic mass is 32.1. The van der Waals surface area contributed by atoms with Gasteiger partial charge in [0.1, 0.15) is 23.4 Å². The van der Waals surface area contributed by atoms with E-state index in [2.05, 4.69) is 4.98 Å². The van der Waals surface area contributed by atoms with Gasteiger partial charge >= 0.3 is 5.91 Å². The molecule has 1 saturated heterocycles. The number of pyridine rings is 1. The molecule has 7 heteroatoms. The predicted molar refractivity (Wildman–Crippen MR) is 116 cm³/mol. The van der Waals surface area contributed by atoms with Gasteiger partial charge in [0, 0.05) is 16.6 Å². The maximum absolute atomic E-state index is 13.0. The second-order valence-corrected chi connectivity index (χ2v) is 8.04. The molecule has 0 aliphatic carbocycles. The number of rotatable bonds is 5. The normalized spacial score (nSPS) is 18.2. The van der Waals surface area contributed by atoms with E-state index in [0.29, 0.717) is 17.1 Å². The summed E-state index contributed by atoms with van der Waals surface area (Å²) < 4.78 is 5.63. The SMILES string of the molecule is CC(C)Oc1ccc(C(O)=C2C(=O)C(=O)N(c3ccccn3)[C@@H]2c2cccs2)cc1. The summed E-state index contributed by atoms with van der Waals surface area (Å²) in [5.41, 5.74) is 0.484. The van der Waals surface area contributed by atoms with Crippen LogP contribution in [0.1, 0.15) is 30.3 Å². The molecule has 3 heterocycles. The van der Waals surface area contributed by atoms with Crippen LogP contribution >= 0.6 is 11.3 Å². The monoisotopic (exact) mass is 420 g/mol. The summed E-state index contributed by atoms with van der Waals surface area (Å²) >= 11 is 1.41. The molecule has 1 amide bonds. The highest BCUT2D eigenvalue weighted by Crippen LogP contribution is 2.42. The van der Waals surface area contributed by atoms with Gasteiger partial charge in [-0.25, -0.2) is 4.98 Å². The van der Waals surface area contributed by atoms with E-state index in [9.17, 15) is 14.7 Å². The summed E-state index contributed by atoms with van der Waals surface area (Å²) in [7, 11) is 0. The molecule has 1 fully saturated rings. The van der Waals surface area contributed by atoms with E-state index in [1.165, 1.54) is 16.2 Å². The summed E-state index contributed by atoms with van der Waals surface area (Å²) in [6.07, 6.45) is 1.58. The average molecular weight is 420 g/mol. The molecule has 1 aromatic carbocycles. The highest BCUT2D eigenvalue weighted by Gasteiger charge is 2.47. The second-order valence-electron chi connectivity index (χ2n) is 7.06. The average Bonchev–Trinajstić information content (AvgIpc) is 3.35. The summed E-state index contributed by atoms with van der Waals surface area (Å²) in [5, 5.41) is 12.9. The van der Waals surface area contributed by atoms with Crippen LogP contribution in [0.3, 0.4) is 0 Å². The number of aliphatic hydroxyl groups is 1. The molecule has 3 aromatic rings. The topological polar surface area (TPSA) is 79.7 Å². The largest absolute Gasteiger partial charge is 0.507 e. The first-order valence-electron chi connectivity index (χ1n) is 9.50. The van der Waals surface area contributed by atoms with Gasteiger partial charge in [0.2, 0.25) is 0 Å². The number of carbonyl (C=O) groups excluding carboxylic acids is 2. The number of benzene rings is 1. The quantitative estimate of drug-likeness (QED) is 0.372. The standard InChI is InChI=1S/C23H20N2O4S/c1-14(2)29-16-10-8-15(9-11-16)21(26)19-20(17-6-5-13-30-17)25(23(28)22(19)27)18-7-3-4-12-24-18/h3-14,20,26H,1-2H3/t20-/m1/s1. The maximum atomic E-state index is 13.0. The van der Waals surface area contributed by atoms with Gasteiger partial charge in [-0.1, -0.05) is 12.1 Å². The highest BCUT2D eigenvalue weighted by molar-refractivity contribution is 7.10. The molecule has 152 valence electrons. The number of carbonyl (C=O) groups is 2. The van der Waals surface area contributed by atoms with E-state index >= 15 is 0 Å². The predicted octanol–water partition coefficient (Wildman–Crippen LogP) is 4.56. The number of nitrogens with zero attached hydrogens (tertiary/aromatic N) is 2. The maximum Gasteiger partial charge on any atom is 0.301 e.